The van der Waals surface area contributed by atoms with E-state index < -0.39 is 47.5 Å². The van der Waals surface area contributed by atoms with Crippen molar-refractivity contribution in [3.8, 4) is 0 Å². The van der Waals surface area contributed by atoms with E-state index in [0.717, 1.165) is 24.3 Å². The van der Waals surface area contributed by atoms with Gasteiger partial charge in [0.15, 0.2) is 15.5 Å². The SMILES string of the molecule is CCCSc1nc(C)c([N+](=O)[O-])c(C[C@@H]2C[C@H](OCCO)[C@@H](O)[C@H]2O)n1.CCCSc1nc(Cl)c(N)c(C[C@@H]2C[C@H](OCCO)[C@@H](O)[C@H]2O)n1. The molecule has 4 rings (SSSR count). The molecule has 19 heteroatoms. The molecular weight excluding hydrogens is 716 g/mol. The van der Waals surface area contributed by atoms with Gasteiger partial charge in [0.25, 0.3) is 0 Å². The predicted molar refractivity (Wildman–Crippen MR) is 188 cm³/mol. The number of nitrogens with two attached hydrogens (primary N) is 1. The molecule has 0 unspecified atom stereocenters. The molecule has 2 saturated carbocycles. The number of aliphatic hydroxyl groups is 6. The Labute approximate surface area is 304 Å². The van der Waals surface area contributed by atoms with Crippen molar-refractivity contribution in [1.29, 1.82) is 0 Å². The van der Waals surface area contributed by atoms with E-state index in [1.54, 1.807) is 6.92 Å². The van der Waals surface area contributed by atoms with Crippen molar-refractivity contribution in [2.24, 2.45) is 11.8 Å². The molecule has 0 spiro atoms. The lowest BCUT2D eigenvalue weighted by atomic mass is 9.98. The highest BCUT2D eigenvalue weighted by Crippen LogP contribution is 2.36. The number of anilines is 1. The maximum Gasteiger partial charge on any atom is 0.311 e. The Morgan fingerprint density at radius 3 is 1.74 bits per heavy atom. The fourth-order valence-corrected chi connectivity index (χ4v) is 7.63. The van der Waals surface area contributed by atoms with Crippen LogP contribution in [0.25, 0.3) is 0 Å². The number of hydrogen-bond donors (Lipinski definition) is 7. The number of nitrogen functional groups attached to an aromatic ring is 1. The molecule has 8 N–H and O–H groups in total. The van der Waals surface area contributed by atoms with Crippen LogP contribution in [0.15, 0.2) is 10.3 Å². The van der Waals surface area contributed by atoms with E-state index >= 15 is 0 Å². The molecule has 8 atom stereocenters. The minimum absolute atomic E-state index is 0.0612. The van der Waals surface area contributed by atoms with E-state index in [0.29, 0.717) is 46.7 Å². The first-order valence-electron chi connectivity index (χ1n) is 16.6. The molecule has 0 amide bonds. The number of halogens is 1. The molecule has 0 aliphatic heterocycles. The predicted octanol–water partition coefficient (Wildman–Crippen LogP) is 1.73. The second-order valence-electron chi connectivity index (χ2n) is 12.1. The number of nitro groups is 1. The molecule has 2 aliphatic carbocycles. The van der Waals surface area contributed by atoms with Gasteiger partial charge in [0.05, 0.1) is 67.1 Å². The van der Waals surface area contributed by atoms with Gasteiger partial charge in [-0.15, -0.1) is 0 Å². The maximum absolute atomic E-state index is 11.4. The summed E-state index contributed by atoms with van der Waals surface area (Å²) in [5.41, 5.74) is 7.27. The monoisotopic (exact) mass is 764 g/mol. The van der Waals surface area contributed by atoms with Crippen LogP contribution in [0.1, 0.15) is 56.6 Å². The smallest absolute Gasteiger partial charge is 0.311 e. The molecule has 50 heavy (non-hydrogen) atoms. The third kappa shape index (κ3) is 11.5. The van der Waals surface area contributed by atoms with Gasteiger partial charge in [0, 0.05) is 17.9 Å². The van der Waals surface area contributed by atoms with E-state index in [1.165, 1.54) is 23.5 Å². The minimum atomic E-state index is -1.09. The number of aliphatic hydroxyl groups excluding tert-OH is 6. The zero-order valence-corrected chi connectivity index (χ0v) is 30.8. The summed E-state index contributed by atoms with van der Waals surface area (Å²) in [6, 6.07) is 0. The molecule has 282 valence electrons. The molecule has 0 radical (unpaired) electrons. The van der Waals surface area contributed by atoms with Crippen molar-refractivity contribution in [2.45, 2.75) is 106 Å². The van der Waals surface area contributed by atoms with Crippen molar-refractivity contribution < 1.29 is 45.0 Å². The maximum atomic E-state index is 11.4. The highest BCUT2D eigenvalue weighted by Gasteiger charge is 2.44. The fraction of sp³-hybridized carbons (Fsp3) is 0.742. The Kier molecular flexibility index (Phi) is 17.8. The number of ether oxygens (including phenoxy) is 2. The van der Waals surface area contributed by atoms with Gasteiger partial charge in [-0.05, 0) is 50.9 Å². The van der Waals surface area contributed by atoms with Crippen LogP contribution >= 0.6 is 35.1 Å². The van der Waals surface area contributed by atoms with E-state index in [4.69, 9.17) is 37.0 Å². The van der Waals surface area contributed by atoms with Gasteiger partial charge in [0.2, 0.25) is 0 Å². The Bertz CT molecular complexity index is 1390. The Morgan fingerprint density at radius 1 is 0.820 bits per heavy atom. The Morgan fingerprint density at radius 2 is 1.28 bits per heavy atom. The van der Waals surface area contributed by atoms with Crippen LogP contribution in [-0.2, 0) is 22.3 Å². The van der Waals surface area contributed by atoms with Gasteiger partial charge < -0.3 is 45.8 Å². The van der Waals surface area contributed by atoms with Crippen molar-refractivity contribution in [3.05, 3.63) is 32.3 Å². The average molecular weight is 765 g/mol. The van der Waals surface area contributed by atoms with Gasteiger partial charge in [-0.25, -0.2) is 19.9 Å². The second kappa shape index (κ2) is 20.9. The van der Waals surface area contributed by atoms with Crippen LogP contribution in [0.2, 0.25) is 5.15 Å². The quantitative estimate of drug-likeness (QED) is 0.0398. The standard InChI is InChI=1S/C16H25N3O6S.C15H24ClN3O4S/c1-3-6-26-16-17-9(2)13(19(23)24)11(18-16)7-10-8-12(25-5-4-20)15(22)14(10)21;1-2-5-24-15-18-9(11(17)14(16)19-15)6-8-7-10(23-4-3-20)13(22)12(8)21/h10,12,14-15,20-22H,3-8H2,1-2H3;8,10,12-13,20-22H,2-7,17H2,1H3/t10-,12+,14+,15-;8-,10+,12+,13-/m11/s1. The first-order chi connectivity index (χ1) is 23.9. The summed E-state index contributed by atoms with van der Waals surface area (Å²) in [6.07, 6.45) is -1.98. The van der Waals surface area contributed by atoms with Gasteiger partial charge in [0.1, 0.15) is 23.6 Å². The van der Waals surface area contributed by atoms with Crippen molar-refractivity contribution in [2.75, 3.05) is 43.7 Å². The molecule has 2 aromatic rings. The second-order valence-corrected chi connectivity index (χ2v) is 14.6. The Hall–Kier alpha value is -1.97. The summed E-state index contributed by atoms with van der Waals surface area (Å²) >= 11 is 9.02. The third-order valence-corrected chi connectivity index (χ3v) is 10.8. The van der Waals surface area contributed by atoms with E-state index in [1.807, 2.05) is 6.92 Å². The van der Waals surface area contributed by atoms with Crippen LogP contribution in [-0.4, -0.2) is 130 Å². The number of nitrogens with zero attached hydrogens (tertiary/aromatic N) is 5. The summed E-state index contributed by atoms with van der Waals surface area (Å²) in [4.78, 5) is 28.1. The first-order valence-corrected chi connectivity index (χ1v) is 19.0. The summed E-state index contributed by atoms with van der Waals surface area (Å²) in [5, 5.41) is 71.1. The summed E-state index contributed by atoms with van der Waals surface area (Å²) in [5.74, 6) is 1.01. The normalized spacial score (nSPS) is 26.2. The molecule has 16 nitrogen and oxygen atoms in total. The summed E-state index contributed by atoms with van der Waals surface area (Å²) in [6.45, 7) is 5.54. The zero-order valence-electron chi connectivity index (χ0n) is 28.4. The highest BCUT2D eigenvalue weighted by atomic mass is 35.5. The van der Waals surface area contributed by atoms with Crippen LogP contribution in [0.5, 0.6) is 0 Å². The lowest BCUT2D eigenvalue weighted by Gasteiger charge is -2.17. The topological polar surface area (TPSA) is 261 Å². The lowest BCUT2D eigenvalue weighted by Crippen LogP contribution is -2.33. The number of thioether (sulfide) groups is 2. The minimum Gasteiger partial charge on any atom is -0.395 e. The number of aromatic nitrogens is 4. The van der Waals surface area contributed by atoms with Gasteiger partial charge >= 0.3 is 5.69 Å². The number of hydrogen-bond acceptors (Lipinski definition) is 17. The van der Waals surface area contributed by atoms with Crippen LogP contribution < -0.4 is 5.73 Å². The van der Waals surface area contributed by atoms with Gasteiger partial charge in [-0.1, -0.05) is 49.0 Å². The highest BCUT2D eigenvalue weighted by molar-refractivity contribution is 7.99. The van der Waals surface area contributed by atoms with Crippen molar-refractivity contribution in [1.82, 2.24) is 19.9 Å². The average Bonchev–Trinajstić information content (AvgIpc) is 3.50. The number of rotatable bonds is 17. The largest absolute Gasteiger partial charge is 0.395 e. The molecule has 2 aromatic heterocycles. The summed E-state index contributed by atoms with van der Waals surface area (Å²) < 4.78 is 10.7. The third-order valence-electron chi connectivity index (χ3n) is 8.38. The van der Waals surface area contributed by atoms with E-state index in [9.17, 15) is 30.5 Å². The van der Waals surface area contributed by atoms with Crippen molar-refractivity contribution in [3.63, 3.8) is 0 Å². The van der Waals surface area contributed by atoms with Gasteiger partial charge in [-0.3, -0.25) is 10.1 Å². The molecule has 2 aliphatic rings. The van der Waals surface area contributed by atoms with Crippen LogP contribution in [0, 0.1) is 28.9 Å². The molecule has 0 saturated heterocycles. The van der Waals surface area contributed by atoms with Crippen LogP contribution in [0.4, 0.5) is 11.4 Å². The summed E-state index contributed by atoms with van der Waals surface area (Å²) in [7, 11) is 0. The molecule has 2 fully saturated rings. The fourth-order valence-electron chi connectivity index (χ4n) is 5.91. The van der Waals surface area contributed by atoms with Crippen molar-refractivity contribution >= 4 is 46.5 Å². The van der Waals surface area contributed by atoms with Crippen LogP contribution in [0.3, 0.4) is 0 Å². The molecule has 2 heterocycles. The van der Waals surface area contributed by atoms with Gasteiger partial charge in [-0.2, -0.15) is 0 Å². The lowest BCUT2D eigenvalue weighted by molar-refractivity contribution is -0.387. The first kappa shape index (κ1) is 42.4. The molecule has 0 bridgehead atoms. The van der Waals surface area contributed by atoms with E-state index in [2.05, 4.69) is 26.9 Å². The van der Waals surface area contributed by atoms with E-state index in [-0.39, 0.29) is 55.3 Å². The Balaban J connectivity index is 0.000000271. The number of aryl methyl sites for hydroxylation is 1. The molecular formula is C31H49ClN6O10S2. The molecule has 0 aromatic carbocycles. The zero-order chi connectivity index (χ0) is 37.0.